The molecular weight excluding hydrogens is 535 g/mol. The molecule has 2 atom stereocenters. The lowest BCUT2D eigenvalue weighted by Crippen LogP contribution is -2.37. The van der Waals surface area contributed by atoms with E-state index in [1.807, 2.05) is 0 Å². The second kappa shape index (κ2) is 11.6. The molecule has 1 saturated heterocycles. The summed E-state index contributed by atoms with van der Waals surface area (Å²) in [4.78, 5) is 44.4. The SMILES string of the molecule is O=C(C[C@@H](O)COP(=O)(O)O)N1CC=C(c2c(F)cc(N3C[C@H](COc4ccon4)OC3=O)cc2F)CC1. The highest BCUT2D eigenvalue weighted by molar-refractivity contribution is 7.46. The van der Waals surface area contributed by atoms with Crippen molar-refractivity contribution >= 4 is 31.1 Å². The number of aliphatic hydroxyl groups is 1. The molecule has 0 aliphatic carbocycles. The van der Waals surface area contributed by atoms with Crippen molar-refractivity contribution in [2.24, 2.45) is 0 Å². The summed E-state index contributed by atoms with van der Waals surface area (Å²) in [6.45, 7) is -0.656. The van der Waals surface area contributed by atoms with E-state index in [2.05, 4.69) is 14.2 Å². The van der Waals surface area contributed by atoms with Gasteiger partial charge >= 0.3 is 13.9 Å². The van der Waals surface area contributed by atoms with E-state index in [0.29, 0.717) is 5.57 Å². The first-order valence-corrected chi connectivity index (χ1v) is 12.9. The fourth-order valence-corrected chi connectivity index (χ4v) is 4.36. The molecule has 1 aromatic heterocycles. The quantitative estimate of drug-likeness (QED) is 0.363. The number of aliphatic hydroxyl groups excluding tert-OH is 1. The Kier molecular flexibility index (Phi) is 8.43. The highest BCUT2D eigenvalue weighted by Gasteiger charge is 2.34. The molecule has 16 heteroatoms. The zero-order chi connectivity index (χ0) is 27.4. The predicted molar refractivity (Wildman–Crippen MR) is 124 cm³/mol. The number of halogens is 2. The molecule has 0 spiro atoms. The van der Waals surface area contributed by atoms with Crippen LogP contribution in [0.5, 0.6) is 5.88 Å². The summed E-state index contributed by atoms with van der Waals surface area (Å²) in [6.07, 6.45) is -0.471. The summed E-state index contributed by atoms with van der Waals surface area (Å²) in [5.41, 5.74) is 0.00990. The maximum atomic E-state index is 15.0. The lowest BCUT2D eigenvalue weighted by molar-refractivity contribution is -0.133. The van der Waals surface area contributed by atoms with Gasteiger partial charge in [0, 0.05) is 24.7 Å². The summed E-state index contributed by atoms with van der Waals surface area (Å²) in [7, 11) is -4.78. The normalized spacial score (nSPS) is 18.8. The Morgan fingerprint density at radius 2 is 2.03 bits per heavy atom. The monoisotopic (exact) mass is 559 g/mol. The second-order valence-corrected chi connectivity index (χ2v) is 9.75. The molecular formula is C22H24F2N3O10P. The van der Waals surface area contributed by atoms with Crippen LogP contribution in [0.4, 0.5) is 19.3 Å². The summed E-state index contributed by atoms with van der Waals surface area (Å²) in [6, 6.07) is 3.52. The molecule has 3 N–H and O–H groups in total. The summed E-state index contributed by atoms with van der Waals surface area (Å²) in [5.74, 6) is -2.11. The largest absolute Gasteiger partial charge is 0.471 e. The number of phosphoric acid groups is 1. The lowest BCUT2D eigenvalue weighted by atomic mass is 9.97. The molecule has 2 aliphatic rings. The van der Waals surface area contributed by atoms with E-state index in [1.165, 1.54) is 23.3 Å². The van der Waals surface area contributed by atoms with Gasteiger partial charge in [0.25, 0.3) is 5.88 Å². The van der Waals surface area contributed by atoms with Crippen molar-refractivity contribution in [2.45, 2.75) is 25.0 Å². The smallest absolute Gasteiger partial charge is 0.469 e. The van der Waals surface area contributed by atoms with Crippen molar-refractivity contribution in [3.05, 3.63) is 47.7 Å². The fourth-order valence-electron chi connectivity index (χ4n) is 3.99. The number of benzene rings is 1. The molecule has 13 nitrogen and oxygen atoms in total. The van der Waals surface area contributed by atoms with Gasteiger partial charge in [-0.25, -0.2) is 18.1 Å². The molecule has 0 unspecified atom stereocenters. The molecule has 0 radical (unpaired) electrons. The summed E-state index contributed by atoms with van der Waals surface area (Å²) < 4.78 is 60.1. The number of ether oxygens (including phenoxy) is 2. The highest BCUT2D eigenvalue weighted by Crippen LogP contribution is 2.36. The number of anilines is 1. The molecule has 4 rings (SSSR count). The molecule has 38 heavy (non-hydrogen) atoms. The van der Waals surface area contributed by atoms with Crippen molar-refractivity contribution < 1.29 is 56.3 Å². The Morgan fingerprint density at radius 1 is 1.29 bits per heavy atom. The van der Waals surface area contributed by atoms with E-state index in [-0.39, 0.29) is 49.8 Å². The van der Waals surface area contributed by atoms with Crippen molar-refractivity contribution in [3.63, 3.8) is 0 Å². The lowest BCUT2D eigenvalue weighted by Gasteiger charge is -2.28. The average Bonchev–Trinajstić information content (AvgIpc) is 3.50. The van der Waals surface area contributed by atoms with Gasteiger partial charge in [-0.2, -0.15) is 0 Å². The van der Waals surface area contributed by atoms with Gasteiger partial charge in [0.05, 0.1) is 31.4 Å². The summed E-state index contributed by atoms with van der Waals surface area (Å²) >= 11 is 0. The zero-order valence-corrected chi connectivity index (χ0v) is 20.6. The van der Waals surface area contributed by atoms with Crippen molar-refractivity contribution in [1.29, 1.82) is 0 Å². The number of cyclic esters (lactones) is 1. The van der Waals surface area contributed by atoms with Gasteiger partial charge in [-0.15, -0.1) is 0 Å². The van der Waals surface area contributed by atoms with Gasteiger partial charge < -0.3 is 33.8 Å². The van der Waals surface area contributed by atoms with E-state index >= 15 is 8.78 Å². The first-order valence-electron chi connectivity index (χ1n) is 11.4. The van der Waals surface area contributed by atoms with Crippen LogP contribution in [0.25, 0.3) is 5.57 Å². The molecule has 0 bridgehead atoms. The number of nitrogens with zero attached hydrogens (tertiary/aromatic N) is 3. The predicted octanol–water partition coefficient (Wildman–Crippen LogP) is 1.83. The summed E-state index contributed by atoms with van der Waals surface area (Å²) in [5, 5.41) is 13.3. The van der Waals surface area contributed by atoms with Crippen LogP contribution in [-0.4, -0.2) is 82.0 Å². The van der Waals surface area contributed by atoms with Crippen LogP contribution in [0.1, 0.15) is 18.4 Å². The number of hydrogen-bond acceptors (Lipinski definition) is 9. The molecule has 1 fully saturated rings. The third-order valence-corrected chi connectivity index (χ3v) is 6.26. The molecule has 2 aromatic rings. The number of phosphoric ester groups is 1. The first-order chi connectivity index (χ1) is 18.0. The number of aromatic nitrogens is 1. The number of carbonyl (C=O) groups is 2. The molecule has 206 valence electrons. The van der Waals surface area contributed by atoms with Crippen LogP contribution >= 0.6 is 7.82 Å². The van der Waals surface area contributed by atoms with E-state index in [0.717, 1.165) is 17.0 Å². The van der Waals surface area contributed by atoms with Gasteiger partial charge in [-0.1, -0.05) is 6.08 Å². The Morgan fingerprint density at radius 3 is 2.63 bits per heavy atom. The Labute approximate surface area is 214 Å². The Hall–Kier alpha value is -3.36. The van der Waals surface area contributed by atoms with E-state index in [9.17, 15) is 19.3 Å². The maximum absolute atomic E-state index is 15.0. The third kappa shape index (κ3) is 6.94. The van der Waals surface area contributed by atoms with E-state index in [1.54, 1.807) is 0 Å². The van der Waals surface area contributed by atoms with Crippen molar-refractivity contribution in [2.75, 3.05) is 37.7 Å². The third-order valence-electron chi connectivity index (χ3n) is 5.77. The van der Waals surface area contributed by atoms with Crippen LogP contribution in [0.2, 0.25) is 0 Å². The van der Waals surface area contributed by atoms with Gasteiger partial charge in [0.15, 0.2) is 6.10 Å². The fraction of sp³-hybridized carbons (Fsp3) is 0.409. The second-order valence-electron chi connectivity index (χ2n) is 8.51. The molecule has 3 heterocycles. The number of rotatable bonds is 10. The minimum atomic E-state index is -4.78. The topological polar surface area (TPSA) is 172 Å². The van der Waals surface area contributed by atoms with Gasteiger partial charge in [0.2, 0.25) is 5.91 Å². The number of amides is 2. The van der Waals surface area contributed by atoms with Gasteiger partial charge in [-0.05, 0) is 29.3 Å². The molecule has 2 amide bonds. The number of carbonyl (C=O) groups excluding carboxylic acids is 2. The number of hydrogen-bond donors (Lipinski definition) is 3. The van der Waals surface area contributed by atoms with Crippen molar-refractivity contribution in [1.82, 2.24) is 10.1 Å². The standard InChI is InChI=1S/C22H24F2N3O10P/c23-17-7-14(27-10-16(37-22(27)30)12-34-19-3-6-35-25-19)8-18(24)21(17)13-1-4-26(5-2-13)20(29)9-15(28)11-36-38(31,32)33/h1,3,6-8,15-16,28H,2,4-5,9-12H2,(H2,31,32,33)/t15-,16-/m1/s1. The first kappa shape index (κ1) is 27.7. The molecule has 1 aromatic carbocycles. The van der Waals surface area contributed by atoms with Crippen molar-refractivity contribution in [3.8, 4) is 5.88 Å². The van der Waals surface area contributed by atoms with Gasteiger partial charge in [0.1, 0.15) is 24.5 Å². The van der Waals surface area contributed by atoms with Crippen LogP contribution in [0.15, 0.2) is 35.1 Å². The Balaban J connectivity index is 1.36. The van der Waals surface area contributed by atoms with Crippen LogP contribution in [0.3, 0.4) is 0 Å². The molecule has 0 saturated carbocycles. The van der Waals surface area contributed by atoms with Gasteiger partial charge in [-0.3, -0.25) is 14.2 Å². The average molecular weight is 559 g/mol. The van der Waals surface area contributed by atoms with Crippen LogP contribution < -0.4 is 9.64 Å². The minimum absolute atomic E-state index is 0.000267. The van der Waals surface area contributed by atoms with Crippen LogP contribution in [-0.2, 0) is 18.6 Å². The maximum Gasteiger partial charge on any atom is 0.469 e. The minimum Gasteiger partial charge on any atom is -0.471 e. The van der Waals surface area contributed by atoms with E-state index < -0.39 is 56.7 Å². The molecule has 2 aliphatic heterocycles. The highest BCUT2D eigenvalue weighted by atomic mass is 31.2. The Bertz CT molecular complexity index is 1230. The van der Waals surface area contributed by atoms with Crippen LogP contribution in [0, 0.1) is 11.6 Å². The van der Waals surface area contributed by atoms with E-state index in [4.69, 9.17) is 19.3 Å². The zero-order valence-electron chi connectivity index (χ0n) is 19.7.